The number of aromatic nitrogens is 2. The first kappa shape index (κ1) is 22.7. The average molecular weight is 528 g/mol. The zero-order chi connectivity index (χ0) is 23.2. The Labute approximate surface area is 196 Å². The lowest BCUT2D eigenvalue weighted by Crippen LogP contribution is -2.35. The van der Waals surface area contributed by atoms with Crippen molar-refractivity contribution in [2.24, 2.45) is 0 Å². The summed E-state index contributed by atoms with van der Waals surface area (Å²) in [5.74, 6) is -0.707. The fourth-order valence-electron chi connectivity index (χ4n) is 3.66. The molecule has 0 radical (unpaired) electrons. The first-order chi connectivity index (χ1) is 15.0. The van der Waals surface area contributed by atoms with E-state index < -0.39 is 24.2 Å². The van der Waals surface area contributed by atoms with Gasteiger partial charge in [-0.3, -0.25) is 4.79 Å². The Morgan fingerprint density at radius 2 is 1.88 bits per heavy atom. The quantitative estimate of drug-likeness (QED) is 0.393. The molecule has 168 valence electrons. The lowest BCUT2D eigenvalue weighted by Gasteiger charge is -2.33. The Morgan fingerprint density at radius 3 is 2.50 bits per heavy atom. The number of aryl methyl sites for hydroxylation is 2. The van der Waals surface area contributed by atoms with E-state index in [1.807, 2.05) is 19.9 Å². The minimum atomic E-state index is -4.57. The van der Waals surface area contributed by atoms with Crippen LogP contribution < -0.4 is 10.6 Å². The summed E-state index contributed by atoms with van der Waals surface area (Å²) in [6, 6.07) is 9.76. The van der Waals surface area contributed by atoms with Gasteiger partial charge in [0.1, 0.15) is 10.8 Å². The average Bonchev–Trinajstić information content (AvgIpc) is 3.06. The van der Waals surface area contributed by atoms with Gasteiger partial charge in [-0.2, -0.15) is 18.3 Å². The molecule has 0 saturated carbocycles. The SMILES string of the molecule is Cc1ccc(NC(=O)c2nn3c(c2Cl)N[C@H](c2ccc(Br)cc2)C[C@@H]3C(F)(F)F)cc1C. The molecule has 0 saturated heterocycles. The summed E-state index contributed by atoms with van der Waals surface area (Å²) in [5.41, 5.74) is 2.93. The Morgan fingerprint density at radius 1 is 1.19 bits per heavy atom. The lowest BCUT2D eigenvalue weighted by molar-refractivity contribution is -0.173. The van der Waals surface area contributed by atoms with Gasteiger partial charge in [-0.1, -0.05) is 45.7 Å². The summed E-state index contributed by atoms with van der Waals surface area (Å²) in [7, 11) is 0. The molecule has 2 heterocycles. The summed E-state index contributed by atoms with van der Waals surface area (Å²) in [6.45, 7) is 3.83. The molecule has 2 aromatic carbocycles. The monoisotopic (exact) mass is 526 g/mol. The molecule has 32 heavy (non-hydrogen) atoms. The maximum absolute atomic E-state index is 13.9. The largest absolute Gasteiger partial charge is 0.410 e. The molecule has 4 rings (SSSR count). The van der Waals surface area contributed by atoms with Crippen molar-refractivity contribution in [1.82, 2.24) is 9.78 Å². The van der Waals surface area contributed by atoms with Crippen molar-refractivity contribution in [2.75, 3.05) is 10.6 Å². The highest BCUT2D eigenvalue weighted by atomic mass is 79.9. The number of hydrogen-bond acceptors (Lipinski definition) is 3. The van der Waals surface area contributed by atoms with Gasteiger partial charge in [-0.25, -0.2) is 4.68 Å². The number of alkyl halides is 3. The molecule has 1 aliphatic heterocycles. The molecule has 1 aromatic heterocycles. The van der Waals surface area contributed by atoms with E-state index in [-0.39, 0.29) is 23.0 Å². The second kappa shape index (κ2) is 8.44. The molecule has 1 amide bonds. The fraction of sp³-hybridized carbons (Fsp3) is 0.273. The van der Waals surface area contributed by atoms with Crippen molar-refractivity contribution in [3.8, 4) is 0 Å². The third-order valence-corrected chi connectivity index (χ3v) is 6.43. The van der Waals surface area contributed by atoms with Crippen LogP contribution in [0.1, 0.15) is 45.7 Å². The molecule has 2 atom stereocenters. The second-order valence-corrected chi connectivity index (χ2v) is 9.04. The molecule has 2 N–H and O–H groups in total. The van der Waals surface area contributed by atoms with Crippen molar-refractivity contribution >= 4 is 44.9 Å². The van der Waals surface area contributed by atoms with Gasteiger partial charge in [0.15, 0.2) is 11.7 Å². The molecule has 3 aromatic rings. The Hall–Kier alpha value is -2.52. The highest BCUT2D eigenvalue weighted by molar-refractivity contribution is 9.10. The summed E-state index contributed by atoms with van der Waals surface area (Å²) < 4.78 is 43.3. The van der Waals surface area contributed by atoms with Crippen LogP contribution in [0.2, 0.25) is 5.02 Å². The van der Waals surface area contributed by atoms with Gasteiger partial charge in [0.05, 0.1) is 6.04 Å². The Bertz CT molecular complexity index is 1180. The first-order valence-corrected chi connectivity index (χ1v) is 11.0. The lowest BCUT2D eigenvalue weighted by atomic mass is 9.97. The van der Waals surface area contributed by atoms with Crippen LogP contribution in [0.25, 0.3) is 0 Å². The Balaban J connectivity index is 1.69. The number of nitrogens with one attached hydrogen (secondary N) is 2. The van der Waals surface area contributed by atoms with Crippen LogP contribution in [0.4, 0.5) is 24.7 Å². The third-order valence-electron chi connectivity index (χ3n) is 5.55. The van der Waals surface area contributed by atoms with Gasteiger partial charge >= 0.3 is 6.18 Å². The van der Waals surface area contributed by atoms with Crippen LogP contribution in [-0.4, -0.2) is 21.9 Å². The van der Waals surface area contributed by atoms with Crippen LogP contribution in [0.15, 0.2) is 46.9 Å². The molecule has 0 aliphatic carbocycles. The standard InChI is InChI=1S/C22H19BrClF3N4O/c1-11-3-8-15(9-12(11)2)28-21(32)19-18(24)20-29-16(13-4-6-14(23)7-5-13)10-17(22(25,26)27)31(20)30-19/h3-9,16-17,29H,10H2,1-2H3,(H,28,32)/t16-,17+/m0/s1. The number of rotatable bonds is 3. The van der Waals surface area contributed by atoms with E-state index in [4.69, 9.17) is 11.6 Å². The van der Waals surface area contributed by atoms with Gasteiger partial charge in [-0.05, 0) is 54.8 Å². The van der Waals surface area contributed by atoms with Gasteiger partial charge in [-0.15, -0.1) is 0 Å². The second-order valence-electron chi connectivity index (χ2n) is 7.75. The number of carbonyl (C=O) groups is 1. The number of anilines is 2. The number of benzene rings is 2. The van der Waals surface area contributed by atoms with Gasteiger partial charge in [0, 0.05) is 16.6 Å². The minimum absolute atomic E-state index is 0.0293. The van der Waals surface area contributed by atoms with E-state index in [2.05, 4.69) is 31.7 Å². The number of nitrogens with zero attached hydrogens (tertiary/aromatic N) is 2. The predicted molar refractivity (Wildman–Crippen MR) is 121 cm³/mol. The maximum atomic E-state index is 13.9. The zero-order valence-corrected chi connectivity index (χ0v) is 19.4. The summed E-state index contributed by atoms with van der Waals surface area (Å²) in [6.07, 6.45) is -4.85. The molecule has 5 nitrogen and oxygen atoms in total. The van der Waals surface area contributed by atoms with Crippen LogP contribution >= 0.6 is 27.5 Å². The first-order valence-electron chi connectivity index (χ1n) is 9.80. The molecule has 0 bridgehead atoms. The van der Waals surface area contributed by atoms with Crippen molar-refractivity contribution < 1.29 is 18.0 Å². The smallest absolute Gasteiger partial charge is 0.362 e. The molecule has 1 aliphatic rings. The topological polar surface area (TPSA) is 59.0 Å². The maximum Gasteiger partial charge on any atom is 0.410 e. The van der Waals surface area contributed by atoms with Crippen molar-refractivity contribution in [1.29, 1.82) is 0 Å². The van der Waals surface area contributed by atoms with Crippen LogP contribution in [0.3, 0.4) is 0 Å². The molecule has 0 spiro atoms. The van der Waals surface area contributed by atoms with E-state index in [9.17, 15) is 18.0 Å². The number of amides is 1. The Kier molecular flexibility index (Phi) is 5.98. The molecule has 0 unspecified atom stereocenters. The number of halogens is 5. The van der Waals surface area contributed by atoms with Gasteiger partial charge in [0.25, 0.3) is 5.91 Å². The normalized spacial score (nSPS) is 18.1. The van der Waals surface area contributed by atoms with Crippen molar-refractivity contribution in [2.45, 2.75) is 38.5 Å². The predicted octanol–water partition coefficient (Wildman–Crippen LogP) is 6.83. The van der Waals surface area contributed by atoms with Crippen LogP contribution in [0.5, 0.6) is 0 Å². The van der Waals surface area contributed by atoms with E-state index in [0.29, 0.717) is 11.3 Å². The van der Waals surface area contributed by atoms with Crippen LogP contribution in [0, 0.1) is 13.8 Å². The summed E-state index contributed by atoms with van der Waals surface area (Å²) >= 11 is 9.70. The number of fused-ring (bicyclic) bond motifs is 1. The van der Waals surface area contributed by atoms with E-state index >= 15 is 0 Å². The fourth-order valence-corrected chi connectivity index (χ4v) is 4.19. The van der Waals surface area contributed by atoms with Crippen molar-refractivity contribution in [3.05, 3.63) is 74.3 Å². The van der Waals surface area contributed by atoms with Crippen LogP contribution in [-0.2, 0) is 0 Å². The molecular formula is C22H19BrClF3N4O. The summed E-state index contributed by atoms with van der Waals surface area (Å²) in [4.78, 5) is 12.8. The van der Waals surface area contributed by atoms with E-state index in [1.165, 1.54) is 0 Å². The number of hydrogen-bond donors (Lipinski definition) is 2. The van der Waals surface area contributed by atoms with Crippen molar-refractivity contribution in [3.63, 3.8) is 0 Å². The highest BCUT2D eigenvalue weighted by Gasteiger charge is 2.47. The molecular weight excluding hydrogens is 509 g/mol. The van der Waals surface area contributed by atoms with Gasteiger partial charge in [0.2, 0.25) is 0 Å². The van der Waals surface area contributed by atoms with E-state index in [0.717, 1.165) is 20.3 Å². The third kappa shape index (κ3) is 4.36. The number of carbonyl (C=O) groups excluding carboxylic acids is 1. The minimum Gasteiger partial charge on any atom is -0.362 e. The highest BCUT2D eigenvalue weighted by Crippen LogP contribution is 2.46. The molecule has 0 fully saturated rings. The molecule has 10 heteroatoms. The summed E-state index contributed by atoms with van der Waals surface area (Å²) in [5, 5.41) is 9.51. The zero-order valence-electron chi connectivity index (χ0n) is 17.1. The van der Waals surface area contributed by atoms with Gasteiger partial charge < -0.3 is 10.6 Å². The van der Waals surface area contributed by atoms with E-state index in [1.54, 1.807) is 36.4 Å².